The Morgan fingerprint density at radius 3 is 2.67 bits per heavy atom. The second kappa shape index (κ2) is 5.89. The van der Waals surface area contributed by atoms with Gasteiger partial charge in [-0.25, -0.2) is 4.98 Å². The number of hydrogen-bond acceptors (Lipinski definition) is 3. The molecule has 0 radical (unpaired) electrons. The summed E-state index contributed by atoms with van der Waals surface area (Å²) < 4.78 is 0. The maximum Gasteiger partial charge on any atom is 0.211 e. The predicted octanol–water partition coefficient (Wildman–Crippen LogP) is 4.35. The molecule has 2 aromatic carbocycles. The van der Waals surface area contributed by atoms with Crippen molar-refractivity contribution in [1.29, 1.82) is 0 Å². The summed E-state index contributed by atoms with van der Waals surface area (Å²) in [5.41, 5.74) is 5.11. The van der Waals surface area contributed by atoms with Crippen LogP contribution in [0.15, 0.2) is 53.9 Å². The SMILES string of the molecule is Cc1ccc(-c2csc(-c3cccc(NC=O)c3)n2)cc1. The van der Waals surface area contributed by atoms with Gasteiger partial charge in [0.05, 0.1) is 5.69 Å². The number of anilines is 1. The van der Waals surface area contributed by atoms with Crippen molar-refractivity contribution in [3.8, 4) is 21.8 Å². The first-order valence-electron chi connectivity index (χ1n) is 6.59. The molecule has 1 heterocycles. The summed E-state index contributed by atoms with van der Waals surface area (Å²) in [5.74, 6) is 0. The van der Waals surface area contributed by atoms with Crippen molar-refractivity contribution in [3.05, 3.63) is 59.5 Å². The van der Waals surface area contributed by atoms with E-state index in [2.05, 4.69) is 46.9 Å². The van der Waals surface area contributed by atoms with Crippen LogP contribution in [0.2, 0.25) is 0 Å². The Morgan fingerprint density at radius 1 is 1.10 bits per heavy atom. The minimum Gasteiger partial charge on any atom is -0.329 e. The van der Waals surface area contributed by atoms with Crippen molar-refractivity contribution in [2.75, 3.05) is 5.32 Å². The molecule has 0 aliphatic carbocycles. The van der Waals surface area contributed by atoms with E-state index in [1.165, 1.54) is 5.56 Å². The van der Waals surface area contributed by atoms with Gasteiger partial charge in [-0.3, -0.25) is 4.79 Å². The molecule has 4 heteroatoms. The molecule has 1 aromatic heterocycles. The van der Waals surface area contributed by atoms with Crippen LogP contribution in [-0.4, -0.2) is 11.4 Å². The first kappa shape index (κ1) is 13.5. The zero-order valence-electron chi connectivity index (χ0n) is 11.5. The number of nitrogens with zero attached hydrogens (tertiary/aromatic N) is 1. The average molecular weight is 294 g/mol. The first-order chi connectivity index (χ1) is 10.3. The Bertz CT molecular complexity index is 762. The molecule has 21 heavy (non-hydrogen) atoms. The Hall–Kier alpha value is -2.46. The molecule has 0 atom stereocenters. The van der Waals surface area contributed by atoms with Gasteiger partial charge in [0.15, 0.2) is 0 Å². The zero-order valence-corrected chi connectivity index (χ0v) is 12.4. The summed E-state index contributed by atoms with van der Waals surface area (Å²) in [4.78, 5) is 15.2. The van der Waals surface area contributed by atoms with Crippen molar-refractivity contribution in [1.82, 2.24) is 4.98 Å². The van der Waals surface area contributed by atoms with Crippen molar-refractivity contribution in [3.63, 3.8) is 0 Å². The van der Waals surface area contributed by atoms with Crippen LogP contribution >= 0.6 is 11.3 Å². The standard InChI is InChI=1S/C17H14N2OS/c1-12-5-7-13(8-6-12)16-10-21-17(19-16)14-3-2-4-15(9-14)18-11-20/h2-11H,1H3,(H,18,20). The lowest BCUT2D eigenvalue weighted by Gasteiger charge is -2.01. The Kier molecular flexibility index (Phi) is 3.79. The van der Waals surface area contributed by atoms with Crippen LogP contribution in [0.1, 0.15) is 5.56 Å². The maximum atomic E-state index is 10.5. The van der Waals surface area contributed by atoms with Crippen LogP contribution in [0.4, 0.5) is 5.69 Å². The second-order valence-corrected chi connectivity index (χ2v) is 5.61. The van der Waals surface area contributed by atoms with Gasteiger partial charge in [-0.15, -0.1) is 11.3 Å². The molecule has 0 saturated heterocycles. The molecule has 0 aliphatic rings. The number of thiazole rings is 1. The van der Waals surface area contributed by atoms with Gasteiger partial charge < -0.3 is 5.32 Å². The van der Waals surface area contributed by atoms with E-state index < -0.39 is 0 Å². The Labute approximate surface area is 127 Å². The molecule has 0 unspecified atom stereocenters. The first-order valence-corrected chi connectivity index (χ1v) is 7.47. The van der Waals surface area contributed by atoms with E-state index >= 15 is 0 Å². The van der Waals surface area contributed by atoms with E-state index in [1.807, 2.05) is 24.3 Å². The van der Waals surface area contributed by atoms with Crippen LogP contribution in [0.5, 0.6) is 0 Å². The number of benzene rings is 2. The highest BCUT2D eigenvalue weighted by atomic mass is 32.1. The summed E-state index contributed by atoms with van der Waals surface area (Å²) in [5, 5.41) is 5.66. The second-order valence-electron chi connectivity index (χ2n) is 4.75. The van der Waals surface area contributed by atoms with Gasteiger partial charge in [0, 0.05) is 22.2 Å². The smallest absolute Gasteiger partial charge is 0.211 e. The fraction of sp³-hybridized carbons (Fsp3) is 0.0588. The maximum absolute atomic E-state index is 10.5. The lowest BCUT2D eigenvalue weighted by Crippen LogP contribution is -1.93. The van der Waals surface area contributed by atoms with Crippen molar-refractivity contribution in [2.24, 2.45) is 0 Å². The van der Waals surface area contributed by atoms with Crippen molar-refractivity contribution in [2.45, 2.75) is 6.92 Å². The van der Waals surface area contributed by atoms with Gasteiger partial charge in [0.2, 0.25) is 6.41 Å². The summed E-state index contributed by atoms with van der Waals surface area (Å²) >= 11 is 1.60. The van der Waals surface area contributed by atoms with Gasteiger partial charge >= 0.3 is 0 Å². The topological polar surface area (TPSA) is 42.0 Å². The van der Waals surface area contributed by atoms with Gasteiger partial charge in [-0.1, -0.05) is 42.0 Å². The molecule has 3 nitrogen and oxygen atoms in total. The van der Waals surface area contributed by atoms with Crippen LogP contribution in [0.25, 0.3) is 21.8 Å². The highest BCUT2D eigenvalue weighted by molar-refractivity contribution is 7.13. The monoisotopic (exact) mass is 294 g/mol. The summed E-state index contributed by atoms with van der Waals surface area (Å²) in [7, 11) is 0. The van der Waals surface area contributed by atoms with E-state index in [0.29, 0.717) is 6.41 Å². The van der Waals surface area contributed by atoms with Crippen molar-refractivity contribution < 1.29 is 4.79 Å². The molecule has 0 saturated carbocycles. The molecule has 0 bridgehead atoms. The molecule has 0 aliphatic heterocycles. The number of aryl methyl sites for hydroxylation is 1. The van der Waals surface area contributed by atoms with Gasteiger partial charge in [0.25, 0.3) is 0 Å². The highest BCUT2D eigenvalue weighted by Crippen LogP contribution is 2.30. The molecule has 3 aromatic rings. The quantitative estimate of drug-likeness (QED) is 0.727. The van der Waals surface area contributed by atoms with Crippen LogP contribution < -0.4 is 5.32 Å². The molecule has 1 N–H and O–H groups in total. The highest BCUT2D eigenvalue weighted by Gasteiger charge is 2.07. The molecule has 1 amide bonds. The largest absolute Gasteiger partial charge is 0.329 e. The van der Waals surface area contributed by atoms with Crippen LogP contribution in [0.3, 0.4) is 0 Å². The number of aromatic nitrogens is 1. The Balaban J connectivity index is 1.92. The lowest BCUT2D eigenvalue weighted by molar-refractivity contribution is -0.105. The third kappa shape index (κ3) is 3.01. The molecular weight excluding hydrogens is 280 g/mol. The third-order valence-corrected chi connectivity index (χ3v) is 4.08. The lowest BCUT2D eigenvalue weighted by atomic mass is 10.1. The minimum atomic E-state index is 0.679. The number of nitrogens with one attached hydrogen (secondary N) is 1. The molecule has 0 fully saturated rings. The Morgan fingerprint density at radius 2 is 1.90 bits per heavy atom. The summed E-state index contributed by atoms with van der Waals surface area (Å²) in [6.45, 7) is 2.07. The molecule has 0 spiro atoms. The summed E-state index contributed by atoms with van der Waals surface area (Å²) in [6.07, 6.45) is 0.679. The van der Waals surface area contributed by atoms with Gasteiger partial charge in [-0.2, -0.15) is 0 Å². The van der Waals surface area contributed by atoms with Crippen molar-refractivity contribution >= 4 is 23.4 Å². The van der Waals surface area contributed by atoms with E-state index in [-0.39, 0.29) is 0 Å². The fourth-order valence-electron chi connectivity index (χ4n) is 2.07. The van der Waals surface area contributed by atoms with Crippen LogP contribution in [-0.2, 0) is 4.79 Å². The van der Waals surface area contributed by atoms with Gasteiger partial charge in [0.1, 0.15) is 5.01 Å². The van der Waals surface area contributed by atoms with Gasteiger partial charge in [-0.05, 0) is 19.1 Å². The number of rotatable bonds is 4. The number of carbonyl (C=O) groups excluding carboxylic acids is 1. The average Bonchev–Trinajstić information content (AvgIpc) is 2.98. The number of hydrogen-bond donors (Lipinski definition) is 1. The van der Waals surface area contributed by atoms with E-state index in [1.54, 1.807) is 11.3 Å². The number of amides is 1. The number of carbonyl (C=O) groups is 1. The molecular formula is C17H14N2OS. The molecule has 104 valence electrons. The predicted molar refractivity (Wildman–Crippen MR) is 87.4 cm³/mol. The minimum absolute atomic E-state index is 0.679. The zero-order chi connectivity index (χ0) is 14.7. The van der Waals surface area contributed by atoms with Crippen LogP contribution in [0, 0.1) is 6.92 Å². The van der Waals surface area contributed by atoms with E-state index in [4.69, 9.17) is 0 Å². The van der Waals surface area contributed by atoms with E-state index in [0.717, 1.165) is 27.5 Å². The summed E-state index contributed by atoms with van der Waals surface area (Å²) in [6, 6.07) is 16.0. The van der Waals surface area contributed by atoms with E-state index in [9.17, 15) is 4.79 Å². The third-order valence-electron chi connectivity index (χ3n) is 3.19. The normalized spacial score (nSPS) is 10.3. The fourth-order valence-corrected chi connectivity index (χ4v) is 2.90. The molecule has 3 rings (SSSR count).